The Hall–Kier alpha value is -1.44. The van der Waals surface area contributed by atoms with Crippen LogP contribution in [0, 0.1) is 0 Å². The lowest BCUT2D eigenvalue weighted by Crippen LogP contribution is -2.12. The molecule has 0 saturated heterocycles. The number of methoxy groups -OCH3 is 1. The molecule has 2 heterocycles. The Bertz CT molecular complexity index is 858. The van der Waals surface area contributed by atoms with Crippen molar-refractivity contribution in [1.29, 1.82) is 0 Å². The Kier molecular flexibility index (Phi) is 5.22. The van der Waals surface area contributed by atoms with Gasteiger partial charge in [-0.05, 0) is 29.6 Å². The first-order valence-electron chi connectivity index (χ1n) is 7.05. The van der Waals surface area contributed by atoms with Crippen molar-refractivity contribution in [1.82, 2.24) is 4.98 Å². The Morgan fingerprint density at radius 3 is 2.62 bits per heavy atom. The van der Waals surface area contributed by atoms with Crippen LogP contribution < -0.4 is 10.1 Å². The number of thiophene rings is 1. The molecule has 24 heavy (non-hydrogen) atoms. The number of nitrogens with zero attached hydrogens (tertiary/aromatic N) is 1. The zero-order valence-electron chi connectivity index (χ0n) is 13.4. The average molecular weight is 384 g/mol. The number of fused-ring (bicyclic) bond motifs is 1. The number of hydrogen-bond donors (Lipinski definition) is 1. The van der Waals surface area contributed by atoms with Crippen LogP contribution in [-0.4, -0.2) is 26.3 Å². The maximum absolute atomic E-state index is 12.9. The van der Waals surface area contributed by atoms with Gasteiger partial charge in [-0.25, -0.2) is 4.98 Å². The second-order valence-corrected chi connectivity index (χ2v) is 9.16. The van der Waals surface area contributed by atoms with Crippen LogP contribution in [0.1, 0.15) is 10.7 Å². The van der Waals surface area contributed by atoms with Crippen molar-refractivity contribution in [2.75, 3.05) is 26.6 Å². The lowest BCUT2D eigenvalue weighted by molar-refractivity contribution is 0.269. The number of rotatable bonds is 7. The van der Waals surface area contributed by atoms with Gasteiger partial charge in [0.05, 0.1) is 17.3 Å². The molecule has 3 rings (SSSR count). The monoisotopic (exact) mass is 384 g/mol. The molecule has 6 nitrogen and oxygen atoms in total. The maximum Gasteiger partial charge on any atom is 0.357 e. The van der Waals surface area contributed by atoms with Gasteiger partial charge in [-0.3, -0.25) is 4.57 Å². The Labute approximate surface area is 147 Å². The number of thiazole rings is 1. The predicted octanol–water partition coefficient (Wildman–Crippen LogP) is 4.96. The van der Waals surface area contributed by atoms with Gasteiger partial charge in [-0.2, -0.15) is 0 Å². The summed E-state index contributed by atoms with van der Waals surface area (Å²) in [4.78, 5) is 5.40. The first-order valence-corrected chi connectivity index (χ1v) is 10.4. The number of hydrogen-bond acceptors (Lipinski definition) is 8. The number of benzene rings is 1. The molecule has 3 aromatic rings. The zero-order chi connectivity index (χ0) is 17.2. The van der Waals surface area contributed by atoms with Crippen LogP contribution >= 0.6 is 30.3 Å². The van der Waals surface area contributed by atoms with E-state index in [1.54, 1.807) is 7.11 Å². The second kappa shape index (κ2) is 7.21. The Morgan fingerprint density at radius 1 is 1.21 bits per heavy atom. The van der Waals surface area contributed by atoms with Gasteiger partial charge < -0.3 is 19.1 Å². The molecule has 0 radical (unpaired) electrons. The molecule has 0 aliphatic carbocycles. The normalized spacial score (nSPS) is 13.1. The van der Waals surface area contributed by atoms with E-state index in [1.807, 2.05) is 35.7 Å². The van der Waals surface area contributed by atoms with Crippen molar-refractivity contribution in [3.8, 4) is 5.75 Å². The summed E-state index contributed by atoms with van der Waals surface area (Å²) in [6, 6.07) is 9.46. The highest BCUT2D eigenvalue weighted by Crippen LogP contribution is 2.60. The molecule has 0 aliphatic heterocycles. The maximum atomic E-state index is 12.9. The summed E-state index contributed by atoms with van der Waals surface area (Å²) in [5.41, 5.74) is 0.845. The fourth-order valence-corrected chi connectivity index (χ4v) is 5.74. The number of aromatic nitrogens is 1. The number of nitrogens with one attached hydrogen (secondary N) is 1. The molecule has 0 amide bonds. The summed E-state index contributed by atoms with van der Waals surface area (Å²) in [5, 5.41) is 5.78. The first kappa shape index (κ1) is 17.4. The molecule has 0 spiro atoms. The van der Waals surface area contributed by atoms with E-state index in [0.717, 1.165) is 20.8 Å². The van der Waals surface area contributed by atoms with Crippen LogP contribution in [-0.2, 0) is 13.6 Å². The Morgan fingerprint density at radius 2 is 2.00 bits per heavy atom. The number of ether oxygens (including phenoxy) is 1. The predicted molar refractivity (Wildman–Crippen MR) is 98.5 cm³/mol. The second-order valence-electron chi connectivity index (χ2n) is 4.82. The van der Waals surface area contributed by atoms with Crippen molar-refractivity contribution < 1.29 is 18.3 Å². The molecular weight excluding hydrogens is 367 g/mol. The third-order valence-electron chi connectivity index (χ3n) is 3.49. The molecule has 9 heteroatoms. The summed E-state index contributed by atoms with van der Waals surface area (Å²) in [6.07, 6.45) is 0. The van der Waals surface area contributed by atoms with Gasteiger partial charge in [0.1, 0.15) is 5.75 Å². The van der Waals surface area contributed by atoms with E-state index in [4.69, 9.17) is 13.8 Å². The van der Waals surface area contributed by atoms with Crippen molar-refractivity contribution in [3.05, 3.63) is 40.6 Å². The van der Waals surface area contributed by atoms with Crippen molar-refractivity contribution >= 4 is 45.6 Å². The highest BCUT2D eigenvalue weighted by Gasteiger charge is 2.37. The molecule has 1 aromatic carbocycles. The molecule has 1 atom stereocenters. The largest absolute Gasteiger partial charge is 0.497 e. The van der Waals surface area contributed by atoms with Crippen LogP contribution in [0.3, 0.4) is 0 Å². The van der Waals surface area contributed by atoms with Crippen LogP contribution in [0.15, 0.2) is 35.7 Å². The molecule has 0 saturated carbocycles. The highest BCUT2D eigenvalue weighted by molar-refractivity contribution is 7.54. The van der Waals surface area contributed by atoms with Crippen molar-refractivity contribution in [3.63, 3.8) is 0 Å². The summed E-state index contributed by atoms with van der Waals surface area (Å²) in [7, 11) is 1.03. The molecule has 2 aromatic heterocycles. The topological polar surface area (TPSA) is 69.7 Å². The molecule has 1 N–H and O–H groups in total. The Balaban J connectivity index is 1.97. The van der Waals surface area contributed by atoms with Gasteiger partial charge in [0.2, 0.25) is 0 Å². The molecule has 0 bridgehead atoms. The van der Waals surface area contributed by atoms with E-state index in [9.17, 15) is 4.57 Å². The van der Waals surface area contributed by atoms with Gasteiger partial charge in [0.25, 0.3) is 0 Å². The lowest BCUT2D eigenvalue weighted by Gasteiger charge is -2.24. The van der Waals surface area contributed by atoms with Crippen molar-refractivity contribution in [2.24, 2.45) is 0 Å². The minimum atomic E-state index is -3.36. The van der Waals surface area contributed by atoms with E-state index < -0.39 is 13.4 Å². The zero-order valence-corrected chi connectivity index (χ0v) is 15.9. The molecule has 128 valence electrons. The van der Waals surface area contributed by atoms with Crippen molar-refractivity contribution in [2.45, 2.75) is 5.78 Å². The van der Waals surface area contributed by atoms with E-state index in [1.165, 1.54) is 36.9 Å². The minimum absolute atomic E-state index is 0.616. The summed E-state index contributed by atoms with van der Waals surface area (Å²) in [6.45, 7) is 0. The van der Waals surface area contributed by atoms with Crippen LogP contribution in [0.5, 0.6) is 5.75 Å². The average Bonchev–Trinajstić information content (AvgIpc) is 3.27. The molecule has 0 aliphatic rings. The summed E-state index contributed by atoms with van der Waals surface area (Å²) in [5.74, 6) is 0.155. The molecular formula is C15H17N2O4PS2. The first-order chi connectivity index (χ1) is 11.6. The van der Waals surface area contributed by atoms with Crippen LogP contribution in [0.4, 0.5) is 5.13 Å². The van der Waals surface area contributed by atoms with Crippen LogP contribution in [0.25, 0.3) is 10.2 Å². The molecule has 0 unspecified atom stereocenters. The quantitative estimate of drug-likeness (QED) is 0.581. The SMILES string of the molecule is COc1ccc2nc(N[C@@H](c3cccs3)P(=O)(OC)OC)sc2c1. The van der Waals surface area contributed by atoms with E-state index >= 15 is 0 Å². The minimum Gasteiger partial charge on any atom is -0.497 e. The summed E-state index contributed by atoms with van der Waals surface area (Å²) < 4.78 is 29.5. The van der Waals surface area contributed by atoms with Gasteiger partial charge >= 0.3 is 7.60 Å². The van der Waals surface area contributed by atoms with E-state index in [0.29, 0.717) is 5.13 Å². The fraction of sp³-hybridized carbons (Fsp3) is 0.267. The lowest BCUT2D eigenvalue weighted by atomic mass is 10.3. The van der Waals surface area contributed by atoms with Gasteiger partial charge in [-0.15, -0.1) is 11.3 Å². The highest BCUT2D eigenvalue weighted by atomic mass is 32.1. The third kappa shape index (κ3) is 3.34. The standard InChI is InChI=1S/C15H17N2O4PS2/c1-19-10-6-7-11-13(9-10)24-15(16-11)17-14(12-5-4-8-23-12)22(18,20-2)21-3/h4-9,14H,1-3H3,(H,16,17)/t14-/m1/s1. The molecule has 0 fully saturated rings. The fourth-order valence-electron chi connectivity index (χ4n) is 2.25. The smallest absolute Gasteiger partial charge is 0.357 e. The van der Waals surface area contributed by atoms with Gasteiger partial charge in [-0.1, -0.05) is 17.4 Å². The van der Waals surface area contributed by atoms with Gasteiger partial charge in [0.15, 0.2) is 10.9 Å². The van der Waals surface area contributed by atoms with Gasteiger partial charge in [0, 0.05) is 19.1 Å². The van der Waals surface area contributed by atoms with E-state index in [-0.39, 0.29) is 0 Å². The van der Waals surface area contributed by atoms with E-state index in [2.05, 4.69) is 10.3 Å². The summed E-state index contributed by atoms with van der Waals surface area (Å²) >= 11 is 2.94. The number of anilines is 1. The van der Waals surface area contributed by atoms with Crippen LogP contribution in [0.2, 0.25) is 0 Å². The third-order valence-corrected chi connectivity index (χ3v) is 7.61.